The molecule has 0 aliphatic carbocycles. The molecule has 0 heterocycles. The Morgan fingerprint density at radius 2 is 1.83 bits per heavy atom. The fourth-order valence-corrected chi connectivity index (χ4v) is 2.36. The lowest BCUT2D eigenvalue weighted by Gasteiger charge is -2.13. The molecule has 0 saturated carbocycles. The highest BCUT2D eigenvalue weighted by Gasteiger charge is 2.12. The second kappa shape index (κ2) is 5.40. The predicted molar refractivity (Wildman–Crippen MR) is 76.3 cm³/mol. The van der Waals surface area contributed by atoms with Gasteiger partial charge in [0.15, 0.2) is 5.75 Å². The molecule has 0 fully saturated rings. The van der Waals surface area contributed by atoms with Crippen molar-refractivity contribution in [1.82, 2.24) is 0 Å². The molecule has 0 amide bonds. The summed E-state index contributed by atoms with van der Waals surface area (Å²) in [5, 5.41) is 0.997. The van der Waals surface area contributed by atoms with Crippen LogP contribution in [0.15, 0.2) is 24.3 Å². The SMILES string of the molecule is Cc1cccc(Oc2c(Cl)[c]c(Cl)cc2Cl)c1C. The van der Waals surface area contributed by atoms with Crippen LogP contribution >= 0.6 is 34.8 Å². The van der Waals surface area contributed by atoms with E-state index in [0.29, 0.717) is 15.8 Å². The molecule has 0 aromatic heterocycles. The summed E-state index contributed by atoms with van der Waals surface area (Å²) in [6.07, 6.45) is 0. The van der Waals surface area contributed by atoms with Gasteiger partial charge in [0.2, 0.25) is 0 Å². The molecule has 0 aliphatic rings. The summed E-state index contributed by atoms with van der Waals surface area (Å²) >= 11 is 17.9. The molecule has 2 aromatic carbocycles. The van der Waals surface area contributed by atoms with E-state index in [1.54, 1.807) is 6.07 Å². The average Bonchev–Trinajstić information content (AvgIpc) is 2.28. The van der Waals surface area contributed by atoms with Crippen LogP contribution < -0.4 is 4.74 Å². The lowest BCUT2D eigenvalue weighted by Crippen LogP contribution is -1.91. The number of hydrogen-bond donors (Lipinski definition) is 0. The molecule has 2 aromatic rings. The summed E-state index contributed by atoms with van der Waals surface area (Å²) in [4.78, 5) is 0. The third-order valence-electron chi connectivity index (χ3n) is 2.67. The molecular formula is C14H10Cl3O. The summed E-state index contributed by atoms with van der Waals surface area (Å²) < 4.78 is 5.75. The topological polar surface area (TPSA) is 9.23 Å². The van der Waals surface area contributed by atoms with Crippen molar-refractivity contribution in [2.45, 2.75) is 13.8 Å². The highest BCUT2D eigenvalue weighted by Crippen LogP contribution is 2.39. The Morgan fingerprint density at radius 3 is 2.50 bits per heavy atom. The van der Waals surface area contributed by atoms with Crippen molar-refractivity contribution in [3.63, 3.8) is 0 Å². The van der Waals surface area contributed by atoms with Crippen molar-refractivity contribution < 1.29 is 4.74 Å². The monoisotopic (exact) mass is 299 g/mol. The Balaban J connectivity index is 2.43. The Kier molecular flexibility index (Phi) is 4.06. The van der Waals surface area contributed by atoms with Crippen molar-refractivity contribution in [1.29, 1.82) is 0 Å². The highest BCUT2D eigenvalue weighted by atomic mass is 35.5. The van der Waals surface area contributed by atoms with E-state index < -0.39 is 0 Å². The van der Waals surface area contributed by atoms with Crippen LogP contribution in [0.2, 0.25) is 15.1 Å². The first-order valence-corrected chi connectivity index (χ1v) is 6.43. The Hall–Kier alpha value is -0.890. The van der Waals surface area contributed by atoms with Crippen LogP contribution in [-0.2, 0) is 0 Å². The quantitative estimate of drug-likeness (QED) is 0.675. The number of rotatable bonds is 2. The summed E-state index contributed by atoms with van der Waals surface area (Å²) in [7, 11) is 0. The molecule has 1 radical (unpaired) electrons. The molecule has 0 saturated heterocycles. The van der Waals surface area contributed by atoms with E-state index in [1.165, 1.54) is 0 Å². The van der Waals surface area contributed by atoms with E-state index in [2.05, 4.69) is 6.07 Å². The molecule has 0 aliphatic heterocycles. The van der Waals surface area contributed by atoms with E-state index in [0.717, 1.165) is 16.9 Å². The molecule has 0 unspecified atom stereocenters. The van der Waals surface area contributed by atoms with Gasteiger partial charge in [-0.05, 0) is 37.1 Å². The lowest BCUT2D eigenvalue weighted by atomic mass is 10.1. The van der Waals surface area contributed by atoms with Crippen LogP contribution in [0.5, 0.6) is 11.5 Å². The minimum absolute atomic E-state index is 0.272. The molecule has 2 rings (SSSR count). The molecule has 18 heavy (non-hydrogen) atoms. The molecule has 1 nitrogen and oxygen atoms in total. The standard InChI is InChI=1S/C14H10Cl3O/c1-8-4-3-5-13(9(8)2)18-14-11(16)6-10(15)7-12(14)17/h3-6H,1-2H3. The van der Waals surface area contributed by atoms with Gasteiger partial charge in [-0.1, -0.05) is 46.9 Å². The minimum Gasteiger partial charge on any atom is -0.454 e. The number of aryl methyl sites for hydroxylation is 1. The number of ether oxygens (including phenoxy) is 1. The first-order chi connectivity index (χ1) is 8.49. The third-order valence-corrected chi connectivity index (χ3v) is 3.42. The fraction of sp³-hybridized carbons (Fsp3) is 0.143. The van der Waals surface area contributed by atoms with Crippen LogP contribution in [-0.4, -0.2) is 0 Å². The van der Waals surface area contributed by atoms with Gasteiger partial charge in [0.05, 0.1) is 15.1 Å². The van der Waals surface area contributed by atoms with Crippen molar-refractivity contribution >= 4 is 34.8 Å². The van der Waals surface area contributed by atoms with Gasteiger partial charge in [-0.2, -0.15) is 0 Å². The molecule has 0 bridgehead atoms. The summed E-state index contributed by atoms with van der Waals surface area (Å²) in [6, 6.07) is 10.1. The third kappa shape index (κ3) is 2.74. The molecule has 4 heteroatoms. The summed E-state index contributed by atoms with van der Waals surface area (Å²) in [5.41, 5.74) is 2.18. The van der Waals surface area contributed by atoms with Gasteiger partial charge in [0, 0.05) is 6.07 Å². The van der Waals surface area contributed by atoms with Gasteiger partial charge in [0.25, 0.3) is 0 Å². The first-order valence-electron chi connectivity index (χ1n) is 5.30. The zero-order chi connectivity index (χ0) is 13.3. The zero-order valence-corrected chi connectivity index (χ0v) is 12.1. The minimum atomic E-state index is 0.272. The van der Waals surface area contributed by atoms with Gasteiger partial charge >= 0.3 is 0 Å². The van der Waals surface area contributed by atoms with Crippen molar-refractivity contribution in [2.75, 3.05) is 0 Å². The fourth-order valence-electron chi connectivity index (χ4n) is 1.52. The number of benzene rings is 2. The van der Waals surface area contributed by atoms with E-state index in [4.69, 9.17) is 39.5 Å². The Bertz CT molecular complexity index is 571. The summed E-state index contributed by atoms with van der Waals surface area (Å²) in [5.74, 6) is 1.09. The molecule has 0 spiro atoms. The second-order valence-corrected chi connectivity index (χ2v) is 5.10. The molecular weight excluding hydrogens is 291 g/mol. The van der Waals surface area contributed by atoms with Gasteiger partial charge in [-0.15, -0.1) is 0 Å². The second-order valence-electron chi connectivity index (χ2n) is 3.91. The van der Waals surface area contributed by atoms with Gasteiger partial charge in [-0.3, -0.25) is 0 Å². The van der Waals surface area contributed by atoms with E-state index in [1.807, 2.05) is 32.0 Å². The number of hydrogen-bond acceptors (Lipinski definition) is 1. The molecule has 0 atom stereocenters. The smallest absolute Gasteiger partial charge is 0.165 e. The van der Waals surface area contributed by atoms with Gasteiger partial charge in [-0.25, -0.2) is 0 Å². The lowest BCUT2D eigenvalue weighted by molar-refractivity contribution is 0.479. The van der Waals surface area contributed by atoms with Crippen LogP contribution in [0.1, 0.15) is 11.1 Å². The van der Waals surface area contributed by atoms with Crippen LogP contribution in [0.25, 0.3) is 0 Å². The first kappa shape index (κ1) is 13.5. The summed E-state index contributed by atoms with van der Waals surface area (Å²) in [6.45, 7) is 3.99. The van der Waals surface area contributed by atoms with Gasteiger partial charge in [0.1, 0.15) is 5.75 Å². The maximum atomic E-state index is 6.06. The highest BCUT2D eigenvalue weighted by molar-refractivity contribution is 6.40. The maximum Gasteiger partial charge on any atom is 0.165 e. The van der Waals surface area contributed by atoms with Crippen LogP contribution in [0, 0.1) is 19.9 Å². The normalized spacial score (nSPS) is 10.5. The van der Waals surface area contributed by atoms with Crippen molar-refractivity contribution in [3.05, 3.63) is 56.5 Å². The maximum absolute atomic E-state index is 6.06. The Morgan fingerprint density at radius 1 is 1.11 bits per heavy atom. The van der Waals surface area contributed by atoms with E-state index in [-0.39, 0.29) is 5.02 Å². The average molecular weight is 301 g/mol. The predicted octanol–water partition coefficient (Wildman–Crippen LogP) is 5.86. The molecule has 93 valence electrons. The largest absolute Gasteiger partial charge is 0.454 e. The molecule has 0 N–H and O–H groups in total. The van der Waals surface area contributed by atoms with Gasteiger partial charge < -0.3 is 4.74 Å². The van der Waals surface area contributed by atoms with Crippen molar-refractivity contribution in [2.24, 2.45) is 0 Å². The van der Waals surface area contributed by atoms with Crippen LogP contribution in [0.3, 0.4) is 0 Å². The van der Waals surface area contributed by atoms with Crippen molar-refractivity contribution in [3.8, 4) is 11.5 Å². The van der Waals surface area contributed by atoms with E-state index in [9.17, 15) is 0 Å². The van der Waals surface area contributed by atoms with Crippen LogP contribution in [0.4, 0.5) is 0 Å². The Labute approximate surface area is 121 Å². The van der Waals surface area contributed by atoms with E-state index >= 15 is 0 Å². The number of halogens is 3. The zero-order valence-electron chi connectivity index (χ0n) is 9.85.